The Hall–Kier alpha value is -1.72. The van der Waals surface area contributed by atoms with Crippen LogP contribution in [0.5, 0.6) is 0 Å². The van der Waals surface area contributed by atoms with Gasteiger partial charge in [0.05, 0.1) is 11.0 Å². The second-order valence-electron chi connectivity index (χ2n) is 5.37. The van der Waals surface area contributed by atoms with Crippen LogP contribution in [-0.4, -0.2) is 21.9 Å². The van der Waals surface area contributed by atoms with Gasteiger partial charge in [0.1, 0.15) is 0 Å². The van der Waals surface area contributed by atoms with E-state index in [0.29, 0.717) is 0 Å². The van der Waals surface area contributed by atoms with Crippen LogP contribution in [0.15, 0.2) is 30.6 Å². The van der Waals surface area contributed by atoms with Gasteiger partial charge in [0.2, 0.25) is 5.91 Å². The van der Waals surface area contributed by atoms with E-state index in [1.807, 2.05) is 18.2 Å². The molecule has 0 bridgehead atoms. The molecule has 21 heavy (non-hydrogen) atoms. The van der Waals surface area contributed by atoms with Crippen molar-refractivity contribution < 1.29 is 4.79 Å². The van der Waals surface area contributed by atoms with Gasteiger partial charge in [-0.25, -0.2) is 0 Å². The lowest BCUT2D eigenvalue weighted by molar-refractivity contribution is -0.120. The minimum atomic E-state index is 0. The second-order valence-corrected chi connectivity index (χ2v) is 5.37. The van der Waals surface area contributed by atoms with Crippen LogP contribution in [-0.2, 0) is 4.79 Å². The van der Waals surface area contributed by atoms with Gasteiger partial charge >= 0.3 is 0 Å². The minimum absolute atomic E-state index is 0. The van der Waals surface area contributed by atoms with E-state index in [2.05, 4.69) is 15.3 Å². The van der Waals surface area contributed by atoms with E-state index in [1.54, 1.807) is 12.4 Å². The molecule has 1 amide bonds. The molecule has 0 saturated heterocycles. The lowest BCUT2D eigenvalue weighted by Crippen LogP contribution is -2.34. The summed E-state index contributed by atoms with van der Waals surface area (Å²) in [6, 6.07) is 5.73. The number of carbonyl (C=O) groups excluding carboxylic acids is 1. The average molecular weight is 307 g/mol. The van der Waals surface area contributed by atoms with Crippen LogP contribution in [0.2, 0.25) is 0 Å². The first-order valence-corrected chi connectivity index (χ1v) is 6.99. The predicted molar refractivity (Wildman–Crippen MR) is 85.3 cm³/mol. The summed E-state index contributed by atoms with van der Waals surface area (Å²) in [5.74, 6) is 0.0831. The summed E-state index contributed by atoms with van der Waals surface area (Å²) < 4.78 is 0. The molecule has 6 heteroatoms. The minimum Gasteiger partial charge on any atom is -0.328 e. The monoisotopic (exact) mass is 306 g/mol. The zero-order chi connectivity index (χ0) is 13.9. The first-order valence-electron chi connectivity index (χ1n) is 6.99. The SMILES string of the molecule is Cl.NC1CCCC(C(=O)Nc2ccc3nccnc3c2)C1. The van der Waals surface area contributed by atoms with Gasteiger partial charge in [-0.3, -0.25) is 14.8 Å². The summed E-state index contributed by atoms with van der Waals surface area (Å²) in [5, 5.41) is 2.96. The Balaban J connectivity index is 0.00000161. The van der Waals surface area contributed by atoms with E-state index in [4.69, 9.17) is 5.73 Å². The van der Waals surface area contributed by atoms with Gasteiger partial charge in [0.15, 0.2) is 0 Å². The van der Waals surface area contributed by atoms with E-state index in [1.165, 1.54) is 0 Å². The summed E-state index contributed by atoms with van der Waals surface area (Å²) in [5.41, 5.74) is 8.31. The van der Waals surface area contributed by atoms with Crippen LogP contribution >= 0.6 is 12.4 Å². The van der Waals surface area contributed by atoms with Gasteiger partial charge < -0.3 is 11.1 Å². The Morgan fingerprint density at radius 2 is 1.95 bits per heavy atom. The van der Waals surface area contributed by atoms with E-state index < -0.39 is 0 Å². The van der Waals surface area contributed by atoms with Crippen LogP contribution in [0, 0.1) is 5.92 Å². The third-order valence-corrected chi connectivity index (χ3v) is 3.82. The Morgan fingerprint density at radius 1 is 1.19 bits per heavy atom. The number of hydrogen-bond acceptors (Lipinski definition) is 4. The topological polar surface area (TPSA) is 80.9 Å². The normalized spacial score (nSPS) is 21.6. The number of hydrogen-bond donors (Lipinski definition) is 2. The number of anilines is 1. The van der Waals surface area contributed by atoms with E-state index in [0.717, 1.165) is 42.4 Å². The molecular formula is C15H19ClN4O. The number of halogens is 1. The number of fused-ring (bicyclic) bond motifs is 1. The maximum Gasteiger partial charge on any atom is 0.227 e. The highest BCUT2D eigenvalue weighted by molar-refractivity contribution is 5.94. The fraction of sp³-hybridized carbons (Fsp3) is 0.400. The lowest BCUT2D eigenvalue weighted by atomic mass is 9.85. The molecule has 0 radical (unpaired) electrons. The summed E-state index contributed by atoms with van der Waals surface area (Å²) in [6.45, 7) is 0. The molecule has 2 atom stereocenters. The summed E-state index contributed by atoms with van der Waals surface area (Å²) >= 11 is 0. The predicted octanol–water partition coefficient (Wildman–Crippen LogP) is 2.51. The van der Waals surface area contributed by atoms with Gasteiger partial charge in [0, 0.05) is 30.0 Å². The Labute approximate surface area is 129 Å². The van der Waals surface area contributed by atoms with Crippen molar-refractivity contribution >= 4 is 35.0 Å². The van der Waals surface area contributed by atoms with Crippen LogP contribution in [0.4, 0.5) is 5.69 Å². The van der Waals surface area contributed by atoms with Crippen molar-refractivity contribution in [2.45, 2.75) is 31.7 Å². The third kappa shape index (κ3) is 3.68. The van der Waals surface area contributed by atoms with Crippen molar-refractivity contribution in [1.82, 2.24) is 9.97 Å². The van der Waals surface area contributed by atoms with Crippen molar-refractivity contribution in [2.75, 3.05) is 5.32 Å². The second kappa shape index (κ2) is 6.83. The Morgan fingerprint density at radius 3 is 2.71 bits per heavy atom. The molecular weight excluding hydrogens is 288 g/mol. The molecule has 1 aliphatic rings. The summed E-state index contributed by atoms with van der Waals surface area (Å²) in [6.07, 6.45) is 7.06. The highest BCUT2D eigenvalue weighted by atomic mass is 35.5. The molecule has 3 rings (SSSR count). The van der Waals surface area contributed by atoms with Crippen LogP contribution in [0.25, 0.3) is 11.0 Å². The molecule has 1 aromatic heterocycles. The highest BCUT2D eigenvalue weighted by Crippen LogP contribution is 2.25. The average Bonchev–Trinajstić information content (AvgIpc) is 2.47. The molecule has 2 aromatic rings. The summed E-state index contributed by atoms with van der Waals surface area (Å²) in [7, 11) is 0. The zero-order valence-corrected chi connectivity index (χ0v) is 12.5. The molecule has 1 aliphatic carbocycles. The van der Waals surface area contributed by atoms with Gasteiger partial charge in [-0.2, -0.15) is 0 Å². The molecule has 112 valence electrons. The molecule has 5 nitrogen and oxygen atoms in total. The number of rotatable bonds is 2. The van der Waals surface area contributed by atoms with Gasteiger partial charge in [-0.15, -0.1) is 12.4 Å². The number of nitrogens with one attached hydrogen (secondary N) is 1. The van der Waals surface area contributed by atoms with E-state index in [-0.39, 0.29) is 30.3 Å². The fourth-order valence-corrected chi connectivity index (χ4v) is 2.75. The first kappa shape index (κ1) is 15.7. The van der Waals surface area contributed by atoms with Gasteiger partial charge in [0.25, 0.3) is 0 Å². The Kier molecular flexibility index (Phi) is 5.09. The lowest BCUT2D eigenvalue weighted by Gasteiger charge is -2.25. The smallest absolute Gasteiger partial charge is 0.227 e. The molecule has 0 aliphatic heterocycles. The number of benzene rings is 1. The van der Waals surface area contributed by atoms with Crippen molar-refractivity contribution in [2.24, 2.45) is 11.7 Å². The maximum atomic E-state index is 12.2. The molecule has 1 heterocycles. The quantitative estimate of drug-likeness (QED) is 0.893. The van der Waals surface area contributed by atoms with E-state index in [9.17, 15) is 4.79 Å². The largest absolute Gasteiger partial charge is 0.328 e. The number of amides is 1. The van der Waals surface area contributed by atoms with Crippen molar-refractivity contribution in [3.05, 3.63) is 30.6 Å². The molecule has 1 saturated carbocycles. The fourth-order valence-electron chi connectivity index (χ4n) is 2.75. The molecule has 2 unspecified atom stereocenters. The third-order valence-electron chi connectivity index (χ3n) is 3.82. The zero-order valence-electron chi connectivity index (χ0n) is 11.7. The maximum absolute atomic E-state index is 12.2. The Bertz CT molecular complexity index is 634. The molecule has 1 fully saturated rings. The number of nitrogens with two attached hydrogens (primary N) is 1. The number of nitrogens with zero attached hydrogens (tertiary/aromatic N) is 2. The molecule has 3 N–H and O–H groups in total. The molecule has 0 spiro atoms. The summed E-state index contributed by atoms with van der Waals surface area (Å²) in [4.78, 5) is 20.7. The van der Waals surface area contributed by atoms with Gasteiger partial charge in [-0.1, -0.05) is 6.42 Å². The van der Waals surface area contributed by atoms with Crippen molar-refractivity contribution in [3.8, 4) is 0 Å². The molecule has 1 aromatic carbocycles. The number of aromatic nitrogens is 2. The van der Waals surface area contributed by atoms with Crippen LogP contribution < -0.4 is 11.1 Å². The highest BCUT2D eigenvalue weighted by Gasteiger charge is 2.25. The number of carbonyl (C=O) groups is 1. The van der Waals surface area contributed by atoms with Crippen molar-refractivity contribution in [1.29, 1.82) is 0 Å². The van der Waals surface area contributed by atoms with E-state index >= 15 is 0 Å². The van der Waals surface area contributed by atoms with Gasteiger partial charge in [-0.05, 0) is 37.5 Å². The van der Waals surface area contributed by atoms with Crippen molar-refractivity contribution in [3.63, 3.8) is 0 Å². The first-order chi connectivity index (χ1) is 9.72. The van der Waals surface area contributed by atoms with Crippen LogP contribution in [0.3, 0.4) is 0 Å². The van der Waals surface area contributed by atoms with Crippen LogP contribution in [0.1, 0.15) is 25.7 Å². The standard InChI is InChI=1S/C15H18N4O.ClH/c16-11-3-1-2-10(8-11)15(20)19-12-4-5-13-14(9-12)18-7-6-17-13;/h4-7,9-11H,1-3,8,16H2,(H,19,20);1H.